The van der Waals surface area contributed by atoms with E-state index in [0.717, 1.165) is 15.6 Å². The third-order valence-corrected chi connectivity index (χ3v) is 5.81. The van der Waals surface area contributed by atoms with Crippen molar-refractivity contribution in [1.29, 1.82) is 0 Å². The molecule has 2 heterocycles. The lowest BCUT2D eigenvalue weighted by atomic mass is 10.1. The fourth-order valence-electron chi connectivity index (χ4n) is 3.45. The van der Waals surface area contributed by atoms with Gasteiger partial charge in [-0.1, -0.05) is 28.1 Å². The zero-order valence-corrected chi connectivity index (χ0v) is 19.2. The highest BCUT2D eigenvalue weighted by atomic mass is 79.9. The van der Waals surface area contributed by atoms with Crippen LogP contribution < -0.4 is 22.0 Å². The maximum Gasteiger partial charge on any atom is 0.331 e. The molecule has 4 rings (SSSR count). The van der Waals surface area contributed by atoms with Crippen LogP contribution in [0.25, 0.3) is 10.9 Å². The van der Waals surface area contributed by atoms with Gasteiger partial charge in [-0.15, -0.1) is 0 Å². The third-order valence-electron chi connectivity index (χ3n) is 5.29. The predicted octanol–water partition coefficient (Wildman–Crippen LogP) is 2.09. The number of amides is 1. The molecule has 0 radical (unpaired) electrons. The minimum atomic E-state index is -0.425. The standard InChI is InChI=1S/C23H22BrN5O3/c1-27-10-9-16(13-26-27)12-25-21(30)17-5-8-20-19(11-17)22(31)29(23(32)28(20)2)14-15-3-6-18(24)7-4-15/h3-11,13,26H,12,14H2,1-2H3,(H,25,30). The van der Waals surface area contributed by atoms with E-state index in [1.165, 1.54) is 9.13 Å². The first-order valence-corrected chi connectivity index (χ1v) is 10.8. The lowest BCUT2D eigenvalue weighted by molar-refractivity contribution is 0.0957. The number of nitrogens with zero attached hydrogens (tertiary/aromatic N) is 3. The van der Waals surface area contributed by atoms with Crippen molar-refractivity contribution in [3.8, 4) is 0 Å². The number of rotatable bonds is 5. The van der Waals surface area contributed by atoms with Crippen LogP contribution in [-0.4, -0.2) is 33.6 Å². The van der Waals surface area contributed by atoms with Crippen LogP contribution in [0.1, 0.15) is 15.9 Å². The maximum absolute atomic E-state index is 13.2. The predicted molar refractivity (Wildman–Crippen MR) is 127 cm³/mol. The molecule has 1 aliphatic heterocycles. The van der Waals surface area contributed by atoms with E-state index in [4.69, 9.17) is 0 Å². The number of carbonyl (C=O) groups excluding carboxylic acids is 1. The number of hydrogen-bond acceptors (Lipinski definition) is 5. The number of hydrazine groups is 1. The van der Waals surface area contributed by atoms with Gasteiger partial charge in [-0.2, -0.15) is 0 Å². The topological polar surface area (TPSA) is 88.4 Å². The molecule has 0 saturated carbocycles. The minimum absolute atomic E-state index is 0.146. The molecule has 0 saturated heterocycles. The summed E-state index contributed by atoms with van der Waals surface area (Å²) in [5.41, 5.74) is 4.77. The van der Waals surface area contributed by atoms with Gasteiger partial charge in [-0.05, 0) is 47.5 Å². The Morgan fingerprint density at radius 2 is 1.84 bits per heavy atom. The molecule has 8 nitrogen and oxygen atoms in total. The van der Waals surface area contributed by atoms with E-state index in [-0.39, 0.29) is 12.5 Å². The molecule has 9 heteroatoms. The van der Waals surface area contributed by atoms with Gasteiger partial charge in [0.05, 0.1) is 17.4 Å². The lowest BCUT2D eigenvalue weighted by Crippen LogP contribution is -2.39. The Bertz CT molecular complexity index is 1370. The molecule has 0 unspecified atom stereocenters. The average Bonchev–Trinajstić information content (AvgIpc) is 2.80. The Hall–Kier alpha value is -3.59. The van der Waals surface area contributed by atoms with Crippen LogP contribution in [-0.2, 0) is 13.6 Å². The molecule has 3 aromatic rings. The van der Waals surface area contributed by atoms with Crippen LogP contribution in [0.3, 0.4) is 0 Å². The number of halogens is 1. The lowest BCUT2D eigenvalue weighted by Gasteiger charge is -2.19. The fraction of sp³-hybridized carbons (Fsp3) is 0.174. The first-order valence-electron chi connectivity index (χ1n) is 9.96. The van der Waals surface area contributed by atoms with Crippen molar-refractivity contribution in [1.82, 2.24) is 24.9 Å². The minimum Gasteiger partial charge on any atom is -0.348 e. The fourth-order valence-corrected chi connectivity index (χ4v) is 3.71. The van der Waals surface area contributed by atoms with E-state index in [1.54, 1.807) is 36.5 Å². The molecule has 2 aromatic carbocycles. The molecule has 0 aliphatic carbocycles. The van der Waals surface area contributed by atoms with E-state index in [2.05, 4.69) is 26.7 Å². The molecule has 1 amide bonds. The number of fused-ring (bicyclic) bond motifs is 1. The van der Waals surface area contributed by atoms with Crippen molar-refractivity contribution in [2.24, 2.45) is 7.05 Å². The first-order chi connectivity index (χ1) is 15.3. The number of aryl methyl sites for hydroxylation is 1. The summed E-state index contributed by atoms with van der Waals surface area (Å²) in [6.45, 7) is 0.488. The van der Waals surface area contributed by atoms with Crippen molar-refractivity contribution in [3.05, 3.63) is 103 Å². The zero-order valence-electron chi connectivity index (χ0n) is 17.6. The van der Waals surface area contributed by atoms with Gasteiger partial charge in [0.15, 0.2) is 0 Å². The van der Waals surface area contributed by atoms with Crippen LogP contribution in [0.2, 0.25) is 0 Å². The Kier molecular flexibility index (Phi) is 6.00. The highest BCUT2D eigenvalue weighted by Crippen LogP contribution is 2.13. The molecule has 32 heavy (non-hydrogen) atoms. The van der Waals surface area contributed by atoms with Crippen LogP contribution >= 0.6 is 15.9 Å². The average molecular weight is 496 g/mol. The van der Waals surface area contributed by atoms with Gasteiger partial charge in [0.25, 0.3) is 11.5 Å². The Morgan fingerprint density at radius 1 is 1.09 bits per heavy atom. The van der Waals surface area contributed by atoms with Crippen molar-refractivity contribution < 1.29 is 4.79 Å². The van der Waals surface area contributed by atoms with E-state index in [0.29, 0.717) is 23.0 Å². The van der Waals surface area contributed by atoms with Crippen molar-refractivity contribution in [3.63, 3.8) is 0 Å². The summed E-state index contributed by atoms with van der Waals surface area (Å²) < 4.78 is 3.53. The largest absolute Gasteiger partial charge is 0.348 e. The molecule has 2 N–H and O–H groups in total. The van der Waals surface area contributed by atoms with Crippen LogP contribution in [0.4, 0.5) is 0 Å². The van der Waals surface area contributed by atoms with Crippen molar-refractivity contribution in [2.45, 2.75) is 6.54 Å². The molecule has 0 spiro atoms. The van der Waals surface area contributed by atoms with Gasteiger partial charge in [0.2, 0.25) is 0 Å². The summed E-state index contributed by atoms with van der Waals surface area (Å²) in [6, 6.07) is 12.2. The van der Waals surface area contributed by atoms with Crippen LogP contribution in [0.15, 0.2) is 80.6 Å². The van der Waals surface area contributed by atoms with Gasteiger partial charge in [0.1, 0.15) is 0 Å². The van der Waals surface area contributed by atoms with E-state index >= 15 is 0 Å². The Morgan fingerprint density at radius 3 is 2.53 bits per heavy atom. The molecule has 1 aromatic heterocycles. The number of carbonyl (C=O) groups is 1. The van der Waals surface area contributed by atoms with Crippen molar-refractivity contribution in [2.75, 3.05) is 13.6 Å². The summed E-state index contributed by atoms with van der Waals surface area (Å²) in [7, 11) is 3.49. The number of benzene rings is 2. The quantitative estimate of drug-likeness (QED) is 0.565. The van der Waals surface area contributed by atoms with Gasteiger partial charge in [-0.25, -0.2) is 4.79 Å². The molecule has 0 bridgehead atoms. The molecular weight excluding hydrogens is 474 g/mol. The normalized spacial score (nSPS) is 13.1. The van der Waals surface area contributed by atoms with Gasteiger partial charge in [0, 0.05) is 43.1 Å². The number of aromatic nitrogens is 2. The summed E-state index contributed by atoms with van der Waals surface area (Å²) in [5, 5.41) is 4.96. The molecule has 1 aliphatic rings. The molecule has 0 fully saturated rings. The second-order valence-electron chi connectivity index (χ2n) is 7.55. The van der Waals surface area contributed by atoms with Gasteiger partial charge in [-0.3, -0.25) is 23.7 Å². The summed E-state index contributed by atoms with van der Waals surface area (Å²) in [4.78, 5) is 38.7. The van der Waals surface area contributed by atoms with Crippen LogP contribution in [0, 0.1) is 0 Å². The highest BCUT2D eigenvalue weighted by Gasteiger charge is 2.15. The smallest absolute Gasteiger partial charge is 0.331 e. The first kappa shape index (κ1) is 21.6. The molecule has 0 atom stereocenters. The summed E-state index contributed by atoms with van der Waals surface area (Å²) in [6.07, 6.45) is 5.55. The van der Waals surface area contributed by atoms with E-state index in [9.17, 15) is 14.4 Å². The Balaban J connectivity index is 1.64. The number of nitrogens with one attached hydrogen (secondary N) is 2. The second kappa shape index (κ2) is 8.88. The second-order valence-corrected chi connectivity index (χ2v) is 8.46. The van der Waals surface area contributed by atoms with E-state index in [1.807, 2.05) is 43.6 Å². The van der Waals surface area contributed by atoms with Crippen LogP contribution in [0.5, 0.6) is 0 Å². The summed E-state index contributed by atoms with van der Waals surface area (Å²) in [5.74, 6) is -0.298. The monoisotopic (exact) mass is 495 g/mol. The van der Waals surface area contributed by atoms with Gasteiger partial charge < -0.3 is 10.7 Å². The SMILES string of the molecule is CN1C=CC(CNC(=O)c2ccc3c(c2)c(=O)n(Cc2ccc(Br)cc2)c(=O)n3C)=CN1. The zero-order chi connectivity index (χ0) is 22.8. The maximum atomic E-state index is 13.2. The molecular formula is C23H22BrN5O3. The highest BCUT2D eigenvalue weighted by molar-refractivity contribution is 9.10. The summed E-state index contributed by atoms with van der Waals surface area (Å²) >= 11 is 3.38. The number of hydrogen-bond donors (Lipinski definition) is 2. The van der Waals surface area contributed by atoms with Crippen molar-refractivity contribution >= 4 is 32.7 Å². The van der Waals surface area contributed by atoms with E-state index < -0.39 is 11.2 Å². The van der Waals surface area contributed by atoms with Gasteiger partial charge >= 0.3 is 5.69 Å². The Labute approximate surface area is 192 Å². The molecule has 164 valence electrons. The third kappa shape index (κ3) is 4.38.